The van der Waals surface area contributed by atoms with Gasteiger partial charge in [-0.3, -0.25) is 0 Å². The maximum absolute atomic E-state index is 8.93. The summed E-state index contributed by atoms with van der Waals surface area (Å²) >= 11 is 0. The Balaban J connectivity index is 1.34. The molecule has 4 fully saturated rings. The second kappa shape index (κ2) is 7.63. The van der Waals surface area contributed by atoms with Gasteiger partial charge < -0.3 is 9.47 Å². The summed E-state index contributed by atoms with van der Waals surface area (Å²) in [5, 5.41) is 8.93. The maximum atomic E-state index is 8.93. The van der Waals surface area contributed by atoms with Crippen molar-refractivity contribution in [3.8, 4) is 6.07 Å². The molecule has 3 saturated carbocycles. The summed E-state index contributed by atoms with van der Waals surface area (Å²) < 4.78 is 12.2. The number of rotatable bonds is 4. The van der Waals surface area contributed by atoms with Crippen molar-refractivity contribution in [2.45, 2.75) is 97.2 Å². The fraction of sp³-hybridized carbons (Fsp3) is 0.889. The molecule has 7 atom stereocenters. The maximum Gasteiger partial charge on any atom is 0.172 e. The van der Waals surface area contributed by atoms with E-state index >= 15 is 0 Å². The predicted molar refractivity (Wildman–Crippen MR) is 118 cm³/mol. The van der Waals surface area contributed by atoms with E-state index in [9.17, 15) is 0 Å². The Morgan fingerprint density at radius 1 is 1.10 bits per heavy atom. The highest BCUT2D eigenvalue weighted by atomic mass is 16.7. The Morgan fingerprint density at radius 3 is 2.67 bits per heavy atom. The third-order valence-electron chi connectivity index (χ3n) is 10.6. The van der Waals surface area contributed by atoms with Crippen LogP contribution in [0, 0.1) is 51.8 Å². The summed E-state index contributed by atoms with van der Waals surface area (Å²) in [7, 11) is 0. The molecule has 0 radical (unpaired) electrons. The van der Waals surface area contributed by atoms with Crippen LogP contribution in [-0.4, -0.2) is 19.0 Å². The monoisotopic (exact) mass is 411 g/mol. The van der Waals surface area contributed by atoms with Gasteiger partial charge >= 0.3 is 0 Å². The Labute approximate surface area is 183 Å². The second-order valence-electron chi connectivity index (χ2n) is 11.8. The van der Waals surface area contributed by atoms with Crippen LogP contribution in [0.25, 0.3) is 0 Å². The molecule has 5 aliphatic rings. The lowest BCUT2D eigenvalue weighted by Gasteiger charge is -2.59. The van der Waals surface area contributed by atoms with Gasteiger partial charge in [0.05, 0.1) is 19.3 Å². The number of nitrogens with zero attached hydrogens (tertiary/aromatic N) is 1. The van der Waals surface area contributed by atoms with Crippen molar-refractivity contribution in [3.63, 3.8) is 0 Å². The molecule has 0 bridgehead atoms. The lowest BCUT2D eigenvalue weighted by atomic mass is 9.46. The number of nitriles is 1. The van der Waals surface area contributed by atoms with Crippen molar-refractivity contribution in [2.75, 3.05) is 13.2 Å². The first-order valence-electron chi connectivity index (χ1n) is 12.8. The summed E-state index contributed by atoms with van der Waals surface area (Å²) in [5.41, 5.74) is 2.53. The molecule has 166 valence electrons. The molecule has 4 aliphatic carbocycles. The van der Waals surface area contributed by atoms with Gasteiger partial charge in [-0.2, -0.15) is 5.26 Å². The van der Waals surface area contributed by atoms with Crippen molar-refractivity contribution in [1.29, 1.82) is 5.26 Å². The highest BCUT2D eigenvalue weighted by molar-refractivity contribution is 5.26. The Hall–Kier alpha value is -0.850. The van der Waals surface area contributed by atoms with Gasteiger partial charge in [0.2, 0.25) is 0 Å². The van der Waals surface area contributed by atoms with Crippen molar-refractivity contribution in [3.05, 3.63) is 11.6 Å². The SMILES string of the molecule is CC(CCCC#N)[C@H]1CC[C@H]2[C@@H]3CC=C4CC5(CC[C@]4(C)[C@H]3CC[C@]12C)OCCO5. The molecule has 0 aromatic carbocycles. The normalized spacial score (nSPS) is 45.2. The van der Waals surface area contributed by atoms with Gasteiger partial charge in [0.1, 0.15) is 0 Å². The molecule has 1 heterocycles. The first-order valence-corrected chi connectivity index (χ1v) is 12.8. The van der Waals surface area contributed by atoms with E-state index < -0.39 is 0 Å². The highest BCUT2D eigenvalue weighted by Gasteiger charge is 2.60. The standard InChI is InChI=1S/C27H41NO2/c1-19(6-4-5-15-28)22-9-10-23-21-8-7-20-18-27(29-16-17-30-27)14-13-25(20,2)24(21)11-12-26(22,23)3/h7,19,21-24H,4-6,8-14,16-18H2,1-3H3/t19?,21-,22+,23-,24-,25-,26+/m0/s1. The number of hydrogen-bond donors (Lipinski definition) is 0. The molecule has 1 spiro atoms. The van der Waals surface area contributed by atoms with Crippen LogP contribution in [0.3, 0.4) is 0 Å². The Morgan fingerprint density at radius 2 is 1.90 bits per heavy atom. The van der Waals surface area contributed by atoms with E-state index in [0.29, 0.717) is 10.8 Å². The highest BCUT2D eigenvalue weighted by Crippen LogP contribution is 2.68. The quantitative estimate of drug-likeness (QED) is 0.385. The first-order chi connectivity index (χ1) is 14.4. The Bertz CT molecular complexity index is 732. The summed E-state index contributed by atoms with van der Waals surface area (Å²) in [6.45, 7) is 9.24. The molecule has 1 saturated heterocycles. The summed E-state index contributed by atoms with van der Waals surface area (Å²) in [6.07, 6.45) is 15.9. The van der Waals surface area contributed by atoms with E-state index in [-0.39, 0.29) is 5.79 Å². The zero-order valence-electron chi connectivity index (χ0n) is 19.4. The lowest BCUT2D eigenvalue weighted by molar-refractivity contribution is -0.185. The smallest absolute Gasteiger partial charge is 0.172 e. The van der Waals surface area contributed by atoms with E-state index in [0.717, 1.165) is 68.5 Å². The molecule has 1 aliphatic heterocycles. The van der Waals surface area contributed by atoms with E-state index in [4.69, 9.17) is 14.7 Å². The summed E-state index contributed by atoms with van der Waals surface area (Å²) in [4.78, 5) is 0. The van der Waals surface area contributed by atoms with E-state index in [2.05, 4.69) is 32.9 Å². The van der Waals surface area contributed by atoms with E-state index in [1.54, 1.807) is 5.57 Å². The van der Waals surface area contributed by atoms with Crippen LogP contribution < -0.4 is 0 Å². The van der Waals surface area contributed by atoms with Crippen molar-refractivity contribution in [1.82, 2.24) is 0 Å². The fourth-order valence-corrected chi connectivity index (χ4v) is 9.03. The minimum atomic E-state index is -0.293. The third kappa shape index (κ3) is 3.12. The number of ether oxygens (including phenoxy) is 2. The van der Waals surface area contributed by atoms with Crippen LogP contribution in [0.4, 0.5) is 0 Å². The molecular formula is C27H41NO2. The number of hydrogen-bond acceptors (Lipinski definition) is 3. The number of fused-ring (bicyclic) bond motifs is 5. The Kier molecular flexibility index (Phi) is 5.35. The van der Waals surface area contributed by atoms with Gasteiger partial charge in [0.25, 0.3) is 0 Å². The molecular weight excluding hydrogens is 370 g/mol. The predicted octanol–water partition coefficient (Wildman–Crippen LogP) is 6.64. The van der Waals surface area contributed by atoms with Crippen LogP contribution in [0.5, 0.6) is 0 Å². The average molecular weight is 412 g/mol. The van der Waals surface area contributed by atoms with Crippen LogP contribution in [-0.2, 0) is 9.47 Å². The number of unbranched alkanes of at least 4 members (excludes halogenated alkanes) is 1. The summed E-state index contributed by atoms with van der Waals surface area (Å²) in [5.74, 6) is 3.94. The van der Waals surface area contributed by atoms with Crippen LogP contribution in [0.15, 0.2) is 11.6 Å². The van der Waals surface area contributed by atoms with Crippen molar-refractivity contribution >= 4 is 0 Å². The van der Waals surface area contributed by atoms with E-state index in [1.165, 1.54) is 44.9 Å². The van der Waals surface area contributed by atoms with Crippen molar-refractivity contribution < 1.29 is 9.47 Å². The van der Waals surface area contributed by atoms with E-state index in [1.807, 2.05) is 0 Å². The second-order valence-corrected chi connectivity index (χ2v) is 11.8. The fourth-order valence-electron chi connectivity index (χ4n) is 9.03. The molecule has 30 heavy (non-hydrogen) atoms. The molecule has 0 aromatic rings. The molecule has 0 N–H and O–H groups in total. The van der Waals surface area contributed by atoms with Gasteiger partial charge in [-0.1, -0.05) is 32.4 Å². The first kappa shape index (κ1) is 21.0. The van der Waals surface area contributed by atoms with Crippen LogP contribution in [0.1, 0.15) is 91.4 Å². The minimum Gasteiger partial charge on any atom is -0.347 e. The molecule has 1 unspecified atom stereocenters. The van der Waals surface area contributed by atoms with Gasteiger partial charge in [-0.15, -0.1) is 0 Å². The molecule has 3 heteroatoms. The molecule has 5 rings (SSSR count). The number of allylic oxidation sites excluding steroid dienone is 1. The molecule has 0 amide bonds. The lowest BCUT2D eigenvalue weighted by Crippen LogP contribution is -2.52. The minimum absolute atomic E-state index is 0.293. The largest absolute Gasteiger partial charge is 0.347 e. The zero-order chi connectivity index (χ0) is 21.0. The average Bonchev–Trinajstić information content (AvgIpc) is 3.33. The van der Waals surface area contributed by atoms with Gasteiger partial charge in [0.15, 0.2) is 5.79 Å². The summed E-state index contributed by atoms with van der Waals surface area (Å²) in [6, 6.07) is 2.34. The van der Waals surface area contributed by atoms with Gasteiger partial charge in [0, 0.05) is 19.3 Å². The molecule has 3 nitrogen and oxygen atoms in total. The van der Waals surface area contributed by atoms with Crippen LogP contribution >= 0.6 is 0 Å². The van der Waals surface area contributed by atoms with Gasteiger partial charge in [-0.05, 0) is 91.8 Å². The topological polar surface area (TPSA) is 42.2 Å². The van der Waals surface area contributed by atoms with Crippen molar-refractivity contribution in [2.24, 2.45) is 40.4 Å². The van der Waals surface area contributed by atoms with Crippen LogP contribution in [0.2, 0.25) is 0 Å². The third-order valence-corrected chi connectivity index (χ3v) is 10.6. The van der Waals surface area contributed by atoms with Gasteiger partial charge in [-0.25, -0.2) is 0 Å². The zero-order valence-corrected chi connectivity index (χ0v) is 19.4. The molecule has 0 aromatic heterocycles.